The molecule has 0 saturated heterocycles. The van der Waals surface area contributed by atoms with E-state index in [1.165, 1.54) is 6.07 Å². The van der Waals surface area contributed by atoms with Crippen molar-refractivity contribution >= 4 is 11.0 Å². The highest BCUT2D eigenvalue weighted by atomic mass is 19.1. The third-order valence-corrected chi connectivity index (χ3v) is 3.05. The van der Waals surface area contributed by atoms with Crippen LogP contribution in [0.2, 0.25) is 0 Å². The summed E-state index contributed by atoms with van der Waals surface area (Å²) in [6.45, 7) is 7.03. The van der Waals surface area contributed by atoms with Crippen molar-refractivity contribution < 1.29 is 13.9 Å². The van der Waals surface area contributed by atoms with Crippen molar-refractivity contribution in [2.75, 3.05) is 13.1 Å². The first kappa shape index (κ1) is 14.0. The molecular formula is C15H20FNO2. The van der Waals surface area contributed by atoms with Gasteiger partial charge in [0.1, 0.15) is 11.4 Å². The summed E-state index contributed by atoms with van der Waals surface area (Å²) in [5.41, 5.74) is -0.956. The van der Waals surface area contributed by atoms with Gasteiger partial charge in [-0.15, -0.1) is 0 Å². The maximum atomic E-state index is 13.6. The number of halogens is 1. The Balaban J connectivity index is 2.20. The number of rotatable bonds is 5. The smallest absolute Gasteiger partial charge is 0.170 e. The average molecular weight is 265 g/mol. The molecule has 0 radical (unpaired) electrons. The molecule has 4 heteroatoms. The van der Waals surface area contributed by atoms with E-state index >= 15 is 0 Å². The Morgan fingerprint density at radius 1 is 1.42 bits per heavy atom. The van der Waals surface area contributed by atoms with Crippen molar-refractivity contribution in [3.63, 3.8) is 0 Å². The zero-order valence-electron chi connectivity index (χ0n) is 11.5. The average Bonchev–Trinajstić information content (AvgIpc) is 2.74. The minimum atomic E-state index is -1.15. The monoisotopic (exact) mass is 265 g/mol. The third kappa shape index (κ3) is 3.14. The maximum Gasteiger partial charge on any atom is 0.170 e. The van der Waals surface area contributed by atoms with Crippen molar-refractivity contribution in [3.05, 3.63) is 35.8 Å². The van der Waals surface area contributed by atoms with Gasteiger partial charge in [0.25, 0.3) is 0 Å². The van der Waals surface area contributed by atoms with E-state index in [-0.39, 0.29) is 5.58 Å². The van der Waals surface area contributed by atoms with Crippen LogP contribution in [0.25, 0.3) is 11.0 Å². The summed E-state index contributed by atoms with van der Waals surface area (Å²) in [4.78, 5) is 0. The molecule has 0 aliphatic heterocycles. The van der Waals surface area contributed by atoms with E-state index < -0.39 is 11.4 Å². The van der Waals surface area contributed by atoms with Crippen LogP contribution >= 0.6 is 0 Å². The first-order chi connectivity index (χ1) is 8.90. The highest BCUT2D eigenvalue weighted by molar-refractivity contribution is 5.78. The number of nitrogens with one attached hydrogen (secondary N) is 1. The number of para-hydroxylation sites is 1. The van der Waals surface area contributed by atoms with Crippen LogP contribution in [0.15, 0.2) is 28.7 Å². The largest absolute Gasteiger partial charge is 0.455 e. The summed E-state index contributed by atoms with van der Waals surface area (Å²) in [5.74, 6) is 0.475. The van der Waals surface area contributed by atoms with Crippen molar-refractivity contribution in [2.45, 2.75) is 26.4 Å². The molecule has 0 aliphatic rings. The molecule has 0 amide bonds. The van der Waals surface area contributed by atoms with Crippen LogP contribution in [-0.2, 0) is 5.60 Å². The first-order valence-electron chi connectivity index (χ1n) is 6.52. The SMILES string of the molecule is CC(C)CNCC(C)(O)c1cc2cccc(F)c2o1. The first-order valence-corrected chi connectivity index (χ1v) is 6.52. The zero-order chi connectivity index (χ0) is 14.0. The number of aliphatic hydroxyl groups is 1. The second-order valence-corrected chi connectivity index (χ2v) is 5.57. The number of fused-ring (bicyclic) bond motifs is 1. The van der Waals surface area contributed by atoms with Crippen LogP contribution in [0.5, 0.6) is 0 Å². The Labute approximate surface area is 112 Å². The molecule has 2 aromatic rings. The highest BCUT2D eigenvalue weighted by Crippen LogP contribution is 2.29. The van der Waals surface area contributed by atoms with Gasteiger partial charge in [-0.2, -0.15) is 0 Å². The van der Waals surface area contributed by atoms with Crippen molar-refractivity contribution in [1.29, 1.82) is 0 Å². The number of furan rings is 1. The maximum absolute atomic E-state index is 13.6. The molecule has 0 saturated carbocycles. The Kier molecular flexibility index (Phi) is 3.92. The normalized spacial score (nSPS) is 15.1. The summed E-state index contributed by atoms with van der Waals surface area (Å²) in [7, 11) is 0. The fourth-order valence-corrected chi connectivity index (χ4v) is 1.98. The van der Waals surface area contributed by atoms with Crippen LogP contribution in [0.3, 0.4) is 0 Å². The number of hydrogen-bond acceptors (Lipinski definition) is 3. The van der Waals surface area contributed by atoms with E-state index in [2.05, 4.69) is 19.2 Å². The van der Waals surface area contributed by atoms with Crippen LogP contribution in [-0.4, -0.2) is 18.2 Å². The Bertz CT molecular complexity index is 560. The van der Waals surface area contributed by atoms with E-state index in [9.17, 15) is 9.50 Å². The molecule has 1 unspecified atom stereocenters. The Morgan fingerprint density at radius 2 is 2.16 bits per heavy atom. The van der Waals surface area contributed by atoms with Gasteiger partial charge in [-0.05, 0) is 31.5 Å². The van der Waals surface area contributed by atoms with Crippen molar-refractivity contribution in [2.24, 2.45) is 5.92 Å². The van der Waals surface area contributed by atoms with Gasteiger partial charge in [0.15, 0.2) is 11.4 Å². The molecule has 1 heterocycles. The molecule has 0 fully saturated rings. The summed E-state index contributed by atoms with van der Waals surface area (Å²) in [6.07, 6.45) is 0. The van der Waals surface area contributed by atoms with Crippen LogP contribution < -0.4 is 5.32 Å². The van der Waals surface area contributed by atoms with E-state index in [4.69, 9.17) is 4.42 Å². The molecular weight excluding hydrogens is 245 g/mol. The third-order valence-electron chi connectivity index (χ3n) is 3.05. The summed E-state index contributed by atoms with van der Waals surface area (Å²) in [6, 6.07) is 6.43. The lowest BCUT2D eigenvalue weighted by Gasteiger charge is -2.21. The summed E-state index contributed by atoms with van der Waals surface area (Å²) >= 11 is 0. The number of hydrogen-bond donors (Lipinski definition) is 2. The Morgan fingerprint density at radius 3 is 2.79 bits per heavy atom. The van der Waals surface area contributed by atoms with Crippen LogP contribution in [0, 0.1) is 11.7 Å². The fourth-order valence-electron chi connectivity index (χ4n) is 1.98. The molecule has 0 bridgehead atoms. The van der Waals surface area contributed by atoms with Gasteiger partial charge in [0, 0.05) is 11.9 Å². The molecule has 0 aliphatic carbocycles. The fraction of sp³-hybridized carbons (Fsp3) is 0.467. The van der Waals surface area contributed by atoms with Gasteiger partial charge >= 0.3 is 0 Å². The summed E-state index contributed by atoms with van der Waals surface area (Å²) in [5, 5.41) is 14.3. The van der Waals surface area contributed by atoms with Gasteiger partial charge < -0.3 is 14.8 Å². The highest BCUT2D eigenvalue weighted by Gasteiger charge is 2.27. The second kappa shape index (κ2) is 5.31. The van der Waals surface area contributed by atoms with Crippen LogP contribution in [0.4, 0.5) is 4.39 Å². The topological polar surface area (TPSA) is 45.4 Å². The van der Waals surface area contributed by atoms with Gasteiger partial charge in [0.2, 0.25) is 0 Å². The van der Waals surface area contributed by atoms with Crippen molar-refractivity contribution in [1.82, 2.24) is 5.32 Å². The number of benzene rings is 1. The minimum Gasteiger partial charge on any atom is -0.455 e. The van der Waals surface area contributed by atoms with Crippen LogP contribution in [0.1, 0.15) is 26.5 Å². The predicted octanol–water partition coefficient (Wildman–Crippen LogP) is 3.03. The predicted molar refractivity (Wildman–Crippen MR) is 73.5 cm³/mol. The lowest BCUT2D eigenvalue weighted by Crippen LogP contribution is -2.36. The van der Waals surface area contributed by atoms with E-state index in [0.717, 1.165) is 6.54 Å². The molecule has 0 spiro atoms. The standard InChI is InChI=1S/C15H20FNO2/c1-10(2)8-17-9-15(3,18)13-7-11-5-4-6-12(16)14(11)19-13/h4-7,10,17-18H,8-9H2,1-3H3. The van der Waals surface area contributed by atoms with Gasteiger partial charge in [-0.1, -0.05) is 26.0 Å². The van der Waals surface area contributed by atoms with Gasteiger partial charge in [-0.3, -0.25) is 0 Å². The van der Waals surface area contributed by atoms with E-state index in [1.807, 2.05) is 0 Å². The lowest BCUT2D eigenvalue weighted by atomic mass is 10.0. The van der Waals surface area contributed by atoms with E-state index in [0.29, 0.717) is 23.6 Å². The molecule has 1 atom stereocenters. The molecule has 2 rings (SSSR count). The second-order valence-electron chi connectivity index (χ2n) is 5.57. The van der Waals surface area contributed by atoms with E-state index in [1.54, 1.807) is 25.1 Å². The molecule has 1 aromatic carbocycles. The molecule has 3 nitrogen and oxygen atoms in total. The molecule has 1 aromatic heterocycles. The quantitative estimate of drug-likeness (QED) is 0.873. The minimum absolute atomic E-state index is 0.196. The molecule has 104 valence electrons. The lowest BCUT2D eigenvalue weighted by molar-refractivity contribution is 0.0352. The molecule has 19 heavy (non-hydrogen) atoms. The van der Waals surface area contributed by atoms with Crippen molar-refractivity contribution in [3.8, 4) is 0 Å². The molecule has 2 N–H and O–H groups in total. The zero-order valence-corrected chi connectivity index (χ0v) is 11.5. The van der Waals surface area contributed by atoms with Gasteiger partial charge in [0.05, 0.1) is 0 Å². The Hall–Kier alpha value is -1.39. The summed E-state index contributed by atoms with van der Waals surface area (Å²) < 4.78 is 19.0. The van der Waals surface area contributed by atoms with Gasteiger partial charge in [-0.25, -0.2) is 4.39 Å².